The maximum atomic E-state index is 13.9. The fraction of sp³-hybridized carbons (Fsp3) is 0.111. The van der Waals surface area contributed by atoms with E-state index >= 15 is 0 Å². The molecule has 0 aliphatic carbocycles. The number of benzene rings is 3. The number of rotatable bonds is 5. The molecule has 2 heterocycles. The number of thiazole rings is 1. The summed E-state index contributed by atoms with van der Waals surface area (Å²) < 4.78 is 15.0. The summed E-state index contributed by atoms with van der Waals surface area (Å²) in [5, 5.41) is 13.2. The Morgan fingerprint density at radius 2 is 1.76 bits per heavy atom. The minimum atomic E-state index is -0.228. The Morgan fingerprint density at radius 1 is 0.909 bits per heavy atom. The summed E-state index contributed by atoms with van der Waals surface area (Å²) >= 11 is 1.60. The number of phenols is 1. The third-order valence-electron chi connectivity index (χ3n) is 5.72. The molecule has 0 bridgehead atoms. The maximum Gasteiger partial charge on any atom is 0.126 e. The molecule has 33 heavy (non-hydrogen) atoms. The summed E-state index contributed by atoms with van der Waals surface area (Å²) in [4.78, 5) is 9.15. The molecule has 6 heteroatoms. The largest absolute Gasteiger partial charge is 0.508 e. The molecule has 0 fully saturated rings. The third kappa shape index (κ3) is 4.30. The summed E-state index contributed by atoms with van der Waals surface area (Å²) in [6, 6.07) is 18.9. The number of aryl methyl sites for hydroxylation is 2. The topological polar surface area (TPSA) is 58.0 Å². The van der Waals surface area contributed by atoms with Crippen molar-refractivity contribution in [3.05, 3.63) is 94.9 Å². The fourth-order valence-corrected chi connectivity index (χ4v) is 4.57. The Morgan fingerprint density at radius 3 is 2.58 bits per heavy atom. The lowest BCUT2D eigenvalue weighted by atomic mass is 9.97. The molecule has 5 aromatic rings. The zero-order chi connectivity index (χ0) is 22.9. The maximum absolute atomic E-state index is 13.9. The van der Waals surface area contributed by atoms with Crippen LogP contribution < -0.4 is 5.32 Å². The number of fused-ring (bicyclic) bond motifs is 1. The molecule has 0 amide bonds. The van der Waals surface area contributed by atoms with E-state index in [9.17, 15) is 9.50 Å². The molecule has 0 unspecified atom stereocenters. The summed E-state index contributed by atoms with van der Waals surface area (Å²) in [5.74, 6) is 0.0639. The van der Waals surface area contributed by atoms with Crippen molar-refractivity contribution in [3.63, 3.8) is 0 Å². The standard InChI is InChI=1S/C27H22FN3OS/c1-16-10-20(4-6-23(16)28)27-22(19-5-7-24-26(11-19)33-15-31-24)12-21(14-30-27)29-13-18-3-8-25(32)17(2)9-18/h3-12,14-15,29,32H,13H2,1-2H3. The Balaban J connectivity index is 1.55. The number of nitrogens with zero attached hydrogens (tertiary/aromatic N) is 2. The summed E-state index contributed by atoms with van der Waals surface area (Å²) in [5.41, 5.74) is 9.84. The third-order valence-corrected chi connectivity index (χ3v) is 6.51. The number of hydrogen-bond donors (Lipinski definition) is 2. The molecule has 0 aliphatic rings. The normalized spacial score (nSPS) is 11.1. The summed E-state index contributed by atoms with van der Waals surface area (Å²) in [6.07, 6.45) is 1.80. The number of phenolic OH excluding ortho intramolecular Hbond substituents is 1. The minimum absolute atomic E-state index is 0.228. The van der Waals surface area contributed by atoms with Gasteiger partial charge in [-0.15, -0.1) is 11.3 Å². The lowest BCUT2D eigenvalue weighted by Gasteiger charge is -2.14. The van der Waals surface area contributed by atoms with Crippen molar-refractivity contribution in [1.29, 1.82) is 0 Å². The van der Waals surface area contributed by atoms with Crippen LogP contribution in [-0.2, 0) is 6.54 Å². The van der Waals surface area contributed by atoms with Gasteiger partial charge in [-0.1, -0.05) is 18.2 Å². The van der Waals surface area contributed by atoms with Gasteiger partial charge in [0.2, 0.25) is 0 Å². The van der Waals surface area contributed by atoms with Gasteiger partial charge in [-0.25, -0.2) is 9.37 Å². The van der Waals surface area contributed by atoms with E-state index < -0.39 is 0 Å². The van der Waals surface area contributed by atoms with Gasteiger partial charge in [0.15, 0.2) is 0 Å². The molecule has 0 atom stereocenters. The Kier molecular flexibility index (Phi) is 5.52. The highest BCUT2D eigenvalue weighted by molar-refractivity contribution is 7.16. The molecular weight excluding hydrogens is 433 g/mol. The molecule has 2 aromatic heterocycles. The summed E-state index contributed by atoms with van der Waals surface area (Å²) in [6.45, 7) is 4.25. The molecule has 4 nitrogen and oxygen atoms in total. The number of aromatic nitrogens is 2. The molecule has 0 aliphatic heterocycles. The van der Waals surface area contributed by atoms with Crippen molar-refractivity contribution in [2.24, 2.45) is 0 Å². The first-order valence-corrected chi connectivity index (χ1v) is 11.5. The van der Waals surface area contributed by atoms with Crippen LogP contribution in [0, 0.1) is 19.7 Å². The predicted octanol–water partition coefficient (Wildman–Crippen LogP) is 7.10. The van der Waals surface area contributed by atoms with Crippen LogP contribution in [0.2, 0.25) is 0 Å². The van der Waals surface area contributed by atoms with Crippen LogP contribution in [0.1, 0.15) is 16.7 Å². The van der Waals surface area contributed by atoms with Crippen LogP contribution in [0.25, 0.3) is 32.6 Å². The second-order valence-electron chi connectivity index (χ2n) is 8.09. The Hall–Kier alpha value is -3.77. The summed E-state index contributed by atoms with van der Waals surface area (Å²) in [7, 11) is 0. The van der Waals surface area contributed by atoms with Crippen molar-refractivity contribution in [3.8, 4) is 28.1 Å². The van der Waals surface area contributed by atoms with E-state index in [1.54, 1.807) is 36.6 Å². The van der Waals surface area contributed by atoms with Crippen LogP contribution >= 0.6 is 11.3 Å². The first-order chi connectivity index (χ1) is 16.0. The lowest BCUT2D eigenvalue weighted by Crippen LogP contribution is -2.01. The van der Waals surface area contributed by atoms with Crippen LogP contribution in [0.15, 0.2) is 72.4 Å². The van der Waals surface area contributed by atoms with Crippen molar-refractivity contribution in [2.75, 3.05) is 5.32 Å². The van der Waals surface area contributed by atoms with Gasteiger partial charge in [-0.2, -0.15) is 0 Å². The van der Waals surface area contributed by atoms with Gasteiger partial charge in [0.05, 0.1) is 33.3 Å². The highest BCUT2D eigenvalue weighted by Crippen LogP contribution is 2.35. The van der Waals surface area contributed by atoms with E-state index in [0.29, 0.717) is 17.9 Å². The predicted molar refractivity (Wildman–Crippen MR) is 133 cm³/mol. The second kappa shape index (κ2) is 8.64. The number of aromatic hydroxyl groups is 1. The Bertz CT molecular complexity index is 1480. The smallest absolute Gasteiger partial charge is 0.126 e. The zero-order valence-corrected chi connectivity index (χ0v) is 19.1. The highest BCUT2D eigenvalue weighted by atomic mass is 32.1. The monoisotopic (exact) mass is 455 g/mol. The molecule has 2 N–H and O–H groups in total. The van der Waals surface area contributed by atoms with Crippen LogP contribution in [-0.4, -0.2) is 15.1 Å². The number of nitrogens with one attached hydrogen (secondary N) is 1. The van der Waals surface area contributed by atoms with Gasteiger partial charge in [-0.05, 0) is 78.6 Å². The van der Waals surface area contributed by atoms with Crippen molar-refractivity contribution < 1.29 is 9.50 Å². The molecule has 5 rings (SSSR count). The minimum Gasteiger partial charge on any atom is -0.508 e. The lowest BCUT2D eigenvalue weighted by molar-refractivity contribution is 0.471. The number of pyridine rings is 1. The first kappa shape index (κ1) is 21.1. The van der Waals surface area contributed by atoms with E-state index in [4.69, 9.17) is 4.98 Å². The zero-order valence-electron chi connectivity index (χ0n) is 18.3. The van der Waals surface area contributed by atoms with Crippen molar-refractivity contribution in [1.82, 2.24) is 9.97 Å². The van der Waals surface area contributed by atoms with E-state index in [2.05, 4.69) is 22.4 Å². The van der Waals surface area contributed by atoms with Crippen molar-refractivity contribution in [2.45, 2.75) is 20.4 Å². The van der Waals surface area contributed by atoms with E-state index in [0.717, 1.165) is 49.4 Å². The van der Waals surface area contributed by atoms with Crippen LogP contribution in [0.4, 0.5) is 10.1 Å². The SMILES string of the molecule is Cc1cc(CNc2cnc(-c3ccc(F)c(C)c3)c(-c3ccc4ncsc4c3)c2)ccc1O. The number of hydrogen-bond acceptors (Lipinski definition) is 5. The molecule has 3 aromatic carbocycles. The van der Waals surface area contributed by atoms with Gasteiger partial charge in [-0.3, -0.25) is 4.98 Å². The fourth-order valence-electron chi connectivity index (χ4n) is 3.86. The van der Waals surface area contributed by atoms with Gasteiger partial charge < -0.3 is 10.4 Å². The Labute approximate surface area is 195 Å². The molecule has 164 valence electrons. The van der Waals surface area contributed by atoms with Gasteiger partial charge in [0, 0.05) is 17.7 Å². The van der Waals surface area contributed by atoms with Crippen molar-refractivity contribution >= 4 is 27.2 Å². The van der Waals surface area contributed by atoms with Gasteiger partial charge in [0.25, 0.3) is 0 Å². The molecule has 0 radical (unpaired) electrons. The molecule has 0 spiro atoms. The van der Waals surface area contributed by atoms with E-state index in [1.165, 1.54) is 6.07 Å². The second-order valence-corrected chi connectivity index (χ2v) is 8.98. The van der Waals surface area contributed by atoms with E-state index in [1.807, 2.05) is 42.8 Å². The number of anilines is 1. The van der Waals surface area contributed by atoms with Crippen LogP contribution in [0.5, 0.6) is 5.75 Å². The number of halogens is 1. The highest BCUT2D eigenvalue weighted by Gasteiger charge is 2.13. The average molecular weight is 456 g/mol. The van der Waals surface area contributed by atoms with Gasteiger partial charge in [0.1, 0.15) is 11.6 Å². The molecular formula is C27H22FN3OS. The first-order valence-electron chi connectivity index (χ1n) is 10.6. The molecule has 0 saturated heterocycles. The van der Waals surface area contributed by atoms with Crippen LogP contribution in [0.3, 0.4) is 0 Å². The quantitative estimate of drug-likeness (QED) is 0.297. The van der Waals surface area contributed by atoms with E-state index in [-0.39, 0.29) is 5.82 Å². The average Bonchev–Trinajstić information content (AvgIpc) is 3.29. The molecule has 0 saturated carbocycles. The van der Waals surface area contributed by atoms with Gasteiger partial charge >= 0.3 is 0 Å².